The van der Waals surface area contributed by atoms with E-state index in [2.05, 4.69) is 35.8 Å². The molecule has 0 aliphatic carbocycles. The van der Waals surface area contributed by atoms with Crippen LogP contribution in [0.4, 0.5) is 5.69 Å². The summed E-state index contributed by atoms with van der Waals surface area (Å²) in [5.41, 5.74) is 5.32. The molecule has 2 aromatic carbocycles. The second kappa shape index (κ2) is 5.95. The number of aryl methyl sites for hydroxylation is 1. The van der Waals surface area contributed by atoms with Gasteiger partial charge in [-0.3, -0.25) is 0 Å². The van der Waals surface area contributed by atoms with Crippen LogP contribution in [0, 0.1) is 12.8 Å². The molecule has 2 heterocycles. The Bertz CT molecular complexity index is 770. The Kier molecular flexibility index (Phi) is 3.77. The van der Waals surface area contributed by atoms with E-state index in [0.717, 1.165) is 12.1 Å². The molecule has 0 radical (unpaired) electrons. The van der Waals surface area contributed by atoms with Crippen molar-refractivity contribution in [1.82, 2.24) is 5.32 Å². The number of carboxylic acid groups (broad SMARTS) is 1. The average molecular weight is 322 g/mol. The fraction of sp³-hybridized carbons (Fsp3) is 0.350. The highest BCUT2D eigenvalue weighted by Crippen LogP contribution is 2.46. The lowest BCUT2D eigenvalue weighted by atomic mass is 9.75. The largest absolute Gasteiger partial charge is 0.478 e. The lowest BCUT2D eigenvalue weighted by Gasteiger charge is -2.44. The zero-order valence-corrected chi connectivity index (χ0v) is 13.8. The van der Waals surface area contributed by atoms with Crippen LogP contribution < -0.4 is 10.6 Å². The summed E-state index contributed by atoms with van der Waals surface area (Å²) in [6.07, 6.45) is 2.34. The van der Waals surface area contributed by atoms with Gasteiger partial charge in [0.25, 0.3) is 0 Å². The summed E-state index contributed by atoms with van der Waals surface area (Å²) in [6.45, 7) is 3.19. The molecule has 2 aliphatic heterocycles. The third-order valence-corrected chi connectivity index (χ3v) is 5.30. The van der Waals surface area contributed by atoms with E-state index in [1.165, 1.54) is 29.7 Å². The van der Waals surface area contributed by atoms with Crippen LogP contribution in [0.25, 0.3) is 0 Å². The molecule has 0 unspecified atom stereocenters. The summed E-state index contributed by atoms with van der Waals surface area (Å²) in [5.74, 6) is -0.403. The highest BCUT2D eigenvalue weighted by Gasteiger charge is 2.38. The SMILES string of the molecule is Cc1ccc2c(c1)[C@@H]1NCCC[C@H]1[C@H](c1ccc(C(=O)O)cc1)N2. The minimum Gasteiger partial charge on any atom is -0.478 e. The Balaban J connectivity index is 1.73. The summed E-state index contributed by atoms with van der Waals surface area (Å²) in [5, 5.41) is 16.5. The molecule has 3 atom stereocenters. The molecule has 4 rings (SSSR count). The molecular weight excluding hydrogens is 300 g/mol. The lowest BCUT2D eigenvalue weighted by Crippen LogP contribution is -2.42. The third kappa shape index (κ3) is 2.57. The molecule has 4 heteroatoms. The first-order chi connectivity index (χ1) is 11.6. The van der Waals surface area contributed by atoms with Crippen molar-refractivity contribution < 1.29 is 9.90 Å². The molecule has 0 spiro atoms. The number of rotatable bonds is 2. The van der Waals surface area contributed by atoms with Crippen molar-refractivity contribution >= 4 is 11.7 Å². The van der Waals surface area contributed by atoms with Crippen LogP contribution in [0.15, 0.2) is 42.5 Å². The maximum Gasteiger partial charge on any atom is 0.335 e. The maximum atomic E-state index is 11.1. The van der Waals surface area contributed by atoms with Gasteiger partial charge in [-0.2, -0.15) is 0 Å². The monoisotopic (exact) mass is 322 g/mol. The van der Waals surface area contributed by atoms with E-state index >= 15 is 0 Å². The van der Waals surface area contributed by atoms with Crippen LogP contribution in [0.3, 0.4) is 0 Å². The number of fused-ring (bicyclic) bond motifs is 3. The predicted octanol–water partition coefficient (Wildman–Crippen LogP) is 3.90. The number of carbonyl (C=O) groups is 1. The molecule has 1 fully saturated rings. The number of benzene rings is 2. The highest BCUT2D eigenvalue weighted by molar-refractivity contribution is 5.87. The van der Waals surface area contributed by atoms with Crippen LogP contribution in [0.5, 0.6) is 0 Å². The third-order valence-electron chi connectivity index (χ3n) is 5.30. The van der Waals surface area contributed by atoms with Gasteiger partial charge in [-0.05, 0) is 55.6 Å². The standard InChI is InChI=1S/C20H22N2O2/c1-12-4-9-17-16(11-12)19-15(3-2-10-21-19)18(22-17)13-5-7-14(8-6-13)20(23)24/h4-9,11,15,18-19,21-22H,2-3,10H2,1H3,(H,23,24)/t15-,18-,19+/m0/s1. The van der Waals surface area contributed by atoms with Gasteiger partial charge in [-0.25, -0.2) is 4.79 Å². The highest BCUT2D eigenvalue weighted by atomic mass is 16.4. The zero-order chi connectivity index (χ0) is 16.7. The molecule has 0 amide bonds. The van der Waals surface area contributed by atoms with Crippen molar-refractivity contribution in [1.29, 1.82) is 0 Å². The van der Waals surface area contributed by atoms with Gasteiger partial charge in [0.15, 0.2) is 0 Å². The van der Waals surface area contributed by atoms with Gasteiger partial charge in [0.05, 0.1) is 11.6 Å². The van der Waals surface area contributed by atoms with E-state index in [4.69, 9.17) is 5.11 Å². The van der Waals surface area contributed by atoms with Crippen molar-refractivity contribution in [2.45, 2.75) is 31.8 Å². The van der Waals surface area contributed by atoms with E-state index in [-0.39, 0.29) is 6.04 Å². The van der Waals surface area contributed by atoms with E-state index < -0.39 is 5.97 Å². The summed E-state index contributed by atoms with van der Waals surface area (Å²) in [7, 11) is 0. The number of anilines is 1. The minimum atomic E-state index is -0.879. The first kappa shape index (κ1) is 15.2. The molecule has 2 aliphatic rings. The fourth-order valence-electron chi connectivity index (χ4n) is 4.12. The Morgan fingerprint density at radius 1 is 1.12 bits per heavy atom. The Hall–Kier alpha value is -2.33. The molecule has 0 aromatic heterocycles. The molecule has 2 aromatic rings. The van der Waals surface area contributed by atoms with Crippen molar-refractivity contribution in [3.05, 3.63) is 64.7 Å². The van der Waals surface area contributed by atoms with Crippen LogP contribution in [0.2, 0.25) is 0 Å². The van der Waals surface area contributed by atoms with Crippen LogP contribution in [-0.4, -0.2) is 17.6 Å². The topological polar surface area (TPSA) is 61.4 Å². The Morgan fingerprint density at radius 3 is 2.67 bits per heavy atom. The Morgan fingerprint density at radius 2 is 1.92 bits per heavy atom. The lowest BCUT2D eigenvalue weighted by molar-refractivity contribution is 0.0697. The van der Waals surface area contributed by atoms with Gasteiger partial charge in [-0.15, -0.1) is 0 Å². The molecule has 0 bridgehead atoms. The van der Waals surface area contributed by atoms with Crippen molar-refractivity contribution in [3.8, 4) is 0 Å². The summed E-state index contributed by atoms with van der Waals surface area (Å²) < 4.78 is 0. The first-order valence-electron chi connectivity index (χ1n) is 8.57. The first-order valence-corrected chi connectivity index (χ1v) is 8.57. The second-order valence-corrected chi connectivity index (χ2v) is 6.88. The van der Waals surface area contributed by atoms with Gasteiger partial charge in [0.2, 0.25) is 0 Å². The van der Waals surface area contributed by atoms with Gasteiger partial charge >= 0.3 is 5.97 Å². The van der Waals surface area contributed by atoms with E-state index in [1.807, 2.05) is 12.1 Å². The summed E-state index contributed by atoms with van der Waals surface area (Å²) in [6, 6.07) is 14.5. The summed E-state index contributed by atoms with van der Waals surface area (Å²) >= 11 is 0. The van der Waals surface area contributed by atoms with Crippen LogP contribution in [-0.2, 0) is 0 Å². The van der Waals surface area contributed by atoms with Gasteiger partial charge < -0.3 is 15.7 Å². The smallest absolute Gasteiger partial charge is 0.335 e. The van der Waals surface area contributed by atoms with Gasteiger partial charge in [-0.1, -0.05) is 29.8 Å². The molecular formula is C20H22N2O2. The summed E-state index contributed by atoms with van der Waals surface area (Å²) in [4.78, 5) is 11.1. The Labute approximate surface area is 141 Å². The number of carboxylic acids is 1. The average Bonchev–Trinajstić information content (AvgIpc) is 2.61. The number of piperidine rings is 1. The minimum absolute atomic E-state index is 0.209. The van der Waals surface area contributed by atoms with E-state index in [9.17, 15) is 4.79 Å². The second-order valence-electron chi connectivity index (χ2n) is 6.88. The fourth-order valence-corrected chi connectivity index (χ4v) is 4.12. The van der Waals surface area contributed by atoms with Crippen molar-refractivity contribution in [2.24, 2.45) is 5.92 Å². The quantitative estimate of drug-likeness (QED) is 0.785. The number of nitrogens with one attached hydrogen (secondary N) is 2. The molecule has 24 heavy (non-hydrogen) atoms. The maximum absolute atomic E-state index is 11.1. The van der Waals surface area contributed by atoms with E-state index in [1.54, 1.807) is 12.1 Å². The van der Waals surface area contributed by atoms with Crippen molar-refractivity contribution in [2.75, 3.05) is 11.9 Å². The molecule has 3 N–H and O–H groups in total. The normalized spacial score (nSPS) is 25.3. The molecule has 0 saturated carbocycles. The van der Waals surface area contributed by atoms with Crippen LogP contribution >= 0.6 is 0 Å². The number of aromatic carboxylic acids is 1. The number of hydrogen-bond acceptors (Lipinski definition) is 3. The van der Waals surface area contributed by atoms with Gasteiger partial charge in [0, 0.05) is 17.6 Å². The number of hydrogen-bond donors (Lipinski definition) is 3. The van der Waals surface area contributed by atoms with E-state index in [0.29, 0.717) is 17.5 Å². The molecule has 124 valence electrons. The molecule has 1 saturated heterocycles. The molecule has 4 nitrogen and oxygen atoms in total. The van der Waals surface area contributed by atoms with Gasteiger partial charge in [0.1, 0.15) is 0 Å². The predicted molar refractivity (Wildman–Crippen MR) is 94.4 cm³/mol. The van der Waals surface area contributed by atoms with Crippen molar-refractivity contribution in [3.63, 3.8) is 0 Å². The zero-order valence-electron chi connectivity index (χ0n) is 13.8. The van der Waals surface area contributed by atoms with Crippen LogP contribution in [0.1, 0.15) is 52.0 Å².